The van der Waals surface area contributed by atoms with Gasteiger partial charge in [0.15, 0.2) is 12.4 Å². The summed E-state index contributed by atoms with van der Waals surface area (Å²) in [6.07, 6.45) is -0.395. The van der Waals surface area contributed by atoms with E-state index in [2.05, 4.69) is 4.99 Å². The van der Waals surface area contributed by atoms with Gasteiger partial charge in [0.05, 0.1) is 21.6 Å². The molecule has 1 aliphatic rings. The topological polar surface area (TPSA) is 125 Å². The van der Waals surface area contributed by atoms with Crippen molar-refractivity contribution in [1.82, 2.24) is 0 Å². The maximum Gasteiger partial charge on any atom is 0.288 e. The van der Waals surface area contributed by atoms with E-state index >= 15 is 0 Å². The predicted molar refractivity (Wildman–Crippen MR) is 82.3 cm³/mol. The molecule has 2 aromatic rings. The Morgan fingerprint density at radius 1 is 1.08 bits per heavy atom. The molecule has 9 nitrogen and oxygen atoms in total. The van der Waals surface area contributed by atoms with Gasteiger partial charge in [-0.3, -0.25) is 25.0 Å². The molecule has 0 amide bonds. The fourth-order valence-electron chi connectivity index (χ4n) is 2.34. The molecule has 0 spiro atoms. The number of ether oxygens (including phenoxy) is 1. The number of fused-ring (bicyclic) bond motifs is 1. The lowest BCUT2D eigenvalue weighted by molar-refractivity contribution is -0.394. The summed E-state index contributed by atoms with van der Waals surface area (Å²) >= 11 is 0. The van der Waals surface area contributed by atoms with Crippen LogP contribution < -0.4 is 0 Å². The van der Waals surface area contributed by atoms with Crippen LogP contribution in [0.2, 0.25) is 0 Å². The van der Waals surface area contributed by atoms with Crippen molar-refractivity contribution >= 4 is 29.2 Å². The number of hydrogen-bond donors (Lipinski definition) is 0. The Kier molecular flexibility index (Phi) is 3.74. The van der Waals surface area contributed by atoms with Crippen LogP contribution in [0.25, 0.3) is 0 Å². The molecule has 1 unspecified atom stereocenters. The first-order valence-corrected chi connectivity index (χ1v) is 6.74. The summed E-state index contributed by atoms with van der Waals surface area (Å²) in [5.74, 6) is -0.132. The zero-order chi connectivity index (χ0) is 17.3. The largest absolute Gasteiger partial charge is 0.461 e. The number of rotatable bonds is 4. The third kappa shape index (κ3) is 2.58. The molecule has 0 saturated carbocycles. The lowest BCUT2D eigenvalue weighted by Crippen LogP contribution is -2.18. The van der Waals surface area contributed by atoms with E-state index in [0.717, 1.165) is 12.1 Å². The average Bonchev–Trinajstić information content (AvgIpc) is 2.60. The summed E-state index contributed by atoms with van der Waals surface area (Å²) in [4.78, 5) is 36.0. The summed E-state index contributed by atoms with van der Waals surface area (Å²) in [6, 6.07) is 9.86. The van der Waals surface area contributed by atoms with Gasteiger partial charge in [0.25, 0.3) is 11.4 Å². The van der Waals surface area contributed by atoms with Crippen LogP contribution in [0, 0.1) is 20.2 Å². The third-order valence-electron chi connectivity index (χ3n) is 3.45. The molecule has 0 fully saturated rings. The number of hydrogen-bond acceptors (Lipinski definition) is 7. The van der Waals surface area contributed by atoms with Crippen LogP contribution >= 0.6 is 0 Å². The number of para-hydroxylation sites is 1. The van der Waals surface area contributed by atoms with Crippen molar-refractivity contribution in [3.8, 4) is 0 Å². The Morgan fingerprint density at radius 2 is 1.83 bits per heavy atom. The molecule has 0 aromatic heterocycles. The van der Waals surface area contributed by atoms with Gasteiger partial charge in [-0.25, -0.2) is 4.99 Å². The van der Waals surface area contributed by atoms with E-state index in [0.29, 0.717) is 17.5 Å². The molecular weight excluding hydrogens is 318 g/mol. The molecular formula is C15H9N3O6. The van der Waals surface area contributed by atoms with Gasteiger partial charge in [-0.1, -0.05) is 18.2 Å². The maximum absolute atomic E-state index is 11.3. The molecule has 2 aromatic carbocycles. The van der Waals surface area contributed by atoms with Crippen LogP contribution in [0.1, 0.15) is 17.2 Å². The Morgan fingerprint density at radius 3 is 2.50 bits per heavy atom. The van der Waals surface area contributed by atoms with Crippen LogP contribution in [-0.4, -0.2) is 22.0 Å². The second-order valence-electron chi connectivity index (χ2n) is 4.87. The predicted octanol–water partition coefficient (Wildman–Crippen LogP) is 2.85. The van der Waals surface area contributed by atoms with Gasteiger partial charge >= 0.3 is 0 Å². The maximum atomic E-state index is 11.3. The van der Waals surface area contributed by atoms with E-state index in [-0.39, 0.29) is 11.5 Å². The van der Waals surface area contributed by atoms with Gasteiger partial charge in [-0.2, -0.15) is 0 Å². The molecule has 0 radical (unpaired) electrons. The molecule has 0 saturated heterocycles. The smallest absolute Gasteiger partial charge is 0.288 e. The van der Waals surface area contributed by atoms with Crippen molar-refractivity contribution in [2.45, 2.75) is 6.10 Å². The highest BCUT2D eigenvalue weighted by Gasteiger charge is 2.29. The SMILES string of the molecule is O=CC1OC(c2ccc([N+](=O)[O-])cc2[N+](=O)[O-])=Nc2ccccc21. The number of aliphatic imine (C=N–C) groups is 1. The van der Waals surface area contributed by atoms with Crippen molar-refractivity contribution < 1.29 is 19.4 Å². The third-order valence-corrected chi connectivity index (χ3v) is 3.45. The summed E-state index contributed by atoms with van der Waals surface area (Å²) in [6.45, 7) is 0. The number of aldehydes is 1. The molecule has 9 heteroatoms. The van der Waals surface area contributed by atoms with Gasteiger partial charge < -0.3 is 4.74 Å². The number of non-ortho nitro benzene ring substituents is 1. The summed E-state index contributed by atoms with van der Waals surface area (Å²) in [7, 11) is 0. The second-order valence-corrected chi connectivity index (χ2v) is 4.87. The molecule has 1 aliphatic heterocycles. The average molecular weight is 327 g/mol. The molecule has 120 valence electrons. The van der Waals surface area contributed by atoms with Gasteiger partial charge in [0.1, 0.15) is 5.56 Å². The molecule has 1 atom stereocenters. The summed E-state index contributed by atoms with van der Waals surface area (Å²) < 4.78 is 5.45. The van der Waals surface area contributed by atoms with Crippen LogP contribution in [0.15, 0.2) is 47.5 Å². The number of nitrogens with zero attached hydrogens (tertiary/aromatic N) is 3. The monoisotopic (exact) mass is 327 g/mol. The minimum atomic E-state index is -0.955. The van der Waals surface area contributed by atoms with E-state index in [1.54, 1.807) is 24.3 Å². The number of carbonyl (C=O) groups excluding carboxylic acids is 1. The van der Waals surface area contributed by atoms with Crippen LogP contribution in [0.4, 0.5) is 17.1 Å². The van der Waals surface area contributed by atoms with Gasteiger partial charge in [0.2, 0.25) is 5.90 Å². The molecule has 0 bridgehead atoms. The molecule has 1 heterocycles. The van der Waals surface area contributed by atoms with Gasteiger partial charge in [-0.15, -0.1) is 0 Å². The van der Waals surface area contributed by atoms with Crippen molar-refractivity contribution in [2.75, 3.05) is 0 Å². The summed E-state index contributed by atoms with van der Waals surface area (Å²) in [5, 5.41) is 22.0. The first-order valence-electron chi connectivity index (χ1n) is 6.74. The highest BCUT2D eigenvalue weighted by molar-refractivity contribution is 6.02. The number of carbonyl (C=O) groups is 1. The Balaban J connectivity index is 2.16. The molecule has 0 N–H and O–H groups in total. The Hall–Kier alpha value is -3.62. The van der Waals surface area contributed by atoms with E-state index in [1.807, 2.05) is 0 Å². The quantitative estimate of drug-likeness (QED) is 0.483. The highest BCUT2D eigenvalue weighted by Crippen LogP contribution is 2.35. The standard InChI is InChI=1S/C15H9N3O6/c19-8-14-10-3-1-2-4-12(10)16-15(24-14)11-6-5-9(17(20)21)7-13(11)18(22)23/h1-8,14H. The van der Waals surface area contributed by atoms with E-state index in [9.17, 15) is 25.0 Å². The molecule has 0 aliphatic carbocycles. The zero-order valence-electron chi connectivity index (χ0n) is 12.0. The Labute approximate surface area is 134 Å². The summed E-state index contributed by atoms with van der Waals surface area (Å²) in [5.41, 5.74) is 0.0115. The van der Waals surface area contributed by atoms with E-state index < -0.39 is 27.3 Å². The van der Waals surface area contributed by atoms with E-state index in [4.69, 9.17) is 4.74 Å². The normalized spacial score (nSPS) is 15.7. The number of nitro benzene ring substituents is 2. The Bertz CT molecular complexity index is 893. The van der Waals surface area contributed by atoms with Crippen LogP contribution in [-0.2, 0) is 9.53 Å². The van der Waals surface area contributed by atoms with E-state index in [1.165, 1.54) is 6.07 Å². The zero-order valence-corrected chi connectivity index (χ0v) is 12.0. The highest BCUT2D eigenvalue weighted by atomic mass is 16.6. The van der Waals surface area contributed by atoms with Crippen molar-refractivity contribution in [3.63, 3.8) is 0 Å². The van der Waals surface area contributed by atoms with Crippen LogP contribution in [0.3, 0.4) is 0 Å². The van der Waals surface area contributed by atoms with Crippen molar-refractivity contribution in [3.05, 3.63) is 73.8 Å². The minimum absolute atomic E-state index is 0.0352. The molecule has 3 rings (SSSR count). The van der Waals surface area contributed by atoms with Crippen LogP contribution in [0.5, 0.6) is 0 Å². The first-order chi connectivity index (χ1) is 11.5. The number of nitro groups is 2. The van der Waals surface area contributed by atoms with Crippen molar-refractivity contribution in [1.29, 1.82) is 0 Å². The lowest BCUT2D eigenvalue weighted by atomic mass is 10.1. The van der Waals surface area contributed by atoms with Gasteiger partial charge in [0, 0.05) is 11.6 Å². The second kappa shape index (κ2) is 5.88. The fourth-order valence-corrected chi connectivity index (χ4v) is 2.34. The van der Waals surface area contributed by atoms with Crippen molar-refractivity contribution in [2.24, 2.45) is 4.99 Å². The van der Waals surface area contributed by atoms with Gasteiger partial charge in [-0.05, 0) is 12.1 Å². The lowest BCUT2D eigenvalue weighted by Gasteiger charge is -2.22. The minimum Gasteiger partial charge on any atom is -0.461 e. The first kappa shape index (κ1) is 15.3. The fraction of sp³-hybridized carbons (Fsp3) is 0.0667. The number of benzene rings is 2. The molecule has 24 heavy (non-hydrogen) atoms.